The second kappa shape index (κ2) is 13.8. The third-order valence-corrected chi connectivity index (χ3v) is 6.60. The summed E-state index contributed by atoms with van der Waals surface area (Å²) in [4.78, 5) is 20.2. The lowest BCUT2D eigenvalue weighted by Crippen LogP contribution is -2.34. The fraction of sp³-hybridized carbons (Fsp3) is 0.241. The Balaban J connectivity index is 0.00000267. The van der Waals surface area contributed by atoms with Gasteiger partial charge in [0.05, 0.1) is 16.9 Å². The van der Waals surface area contributed by atoms with Crippen LogP contribution in [0.25, 0.3) is 11.0 Å². The number of rotatable bonds is 10. The monoisotopic (exact) mass is 567 g/mol. The molecular formula is C29H35Cl2N7O. The number of hydrogen-bond donors (Lipinski definition) is 4. The minimum absolute atomic E-state index is 0. The van der Waals surface area contributed by atoms with Gasteiger partial charge in [-0.2, -0.15) is 0 Å². The molecule has 1 amide bonds. The van der Waals surface area contributed by atoms with E-state index in [1.807, 2.05) is 73.8 Å². The summed E-state index contributed by atoms with van der Waals surface area (Å²) in [6, 6.07) is 21.2. The number of nitrogens with zero attached hydrogens (tertiary/aromatic N) is 3. The summed E-state index contributed by atoms with van der Waals surface area (Å²) in [5.74, 6) is 0.892. The summed E-state index contributed by atoms with van der Waals surface area (Å²) >= 11 is 0. The average molecular weight is 569 g/mol. The molecule has 1 heterocycles. The van der Waals surface area contributed by atoms with Crippen LogP contribution in [0.5, 0.6) is 0 Å². The number of hydrogen-bond acceptors (Lipinski definition) is 4. The van der Waals surface area contributed by atoms with Crippen LogP contribution in [0.4, 0.5) is 5.69 Å². The molecule has 4 rings (SSSR count). The second-order valence-corrected chi connectivity index (χ2v) is 9.16. The van der Waals surface area contributed by atoms with Crippen LogP contribution < -0.4 is 16.4 Å². The number of benzene rings is 3. The molecule has 0 aliphatic carbocycles. The topological polar surface area (TPSA) is 138 Å². The van der Waals surface area contributed by atoms with Crippen LogP contribution in [-0.2, 0) is 26.3 Å². The van der Waals surface area contributed by atoms with E-state index < -0.39 is 0 Å². The van der Waals surface area contributed by atoms with E-state index in [1.165, 1.54) is 0 Å². The Bertz CT molecular complexity index is 1460. The molecule has 6 N–H and O–H groups in total. The lowest BCUT2D eigenvalue weighted by molar-refractivity contribution is 0.0987. The summed E-state index contributed by atoms with van der Waals surface area (Å²) in [5.41, 5.74) is 17.2. The van der Waals surface area contributed by atoms with Crippen molar-refractivity contribution in [3.63, 3.8) is 0 Å². The Morgan fingerprint density at radius 2 is 1.62 bits per heavy atom. The van der Waals surface area contributed by atoms with Crippen LogP contribution in [0.3, 0.4) is 0 Å². The predicted octanol–water partition coefficient (Wildman–Crippen LogP) is 5.02. The van der Waals surface area contributed by atoms with Crippen molar-refractivity contribution in [1.82, 2.24) is 9.55 Å². The number of nitrogens with two attached hydrogens (primary N) is 2. The number of carbonyl (C=O) groups excluding carboxylic acids is 1. The number of nitrogens with one attached hydrogen (secondary N) is 2. The van der Waals surface area contributed by atoms with Crippen molar-refractivity contribution in [2.45, 2.75) is 32.6 Å². The molecule has 0 spiro atoms. The molecule has 0 aliphatic rings. The summed E-state index contributed by atoms with van der Waals surface area (Å²) in [6.45, 7) is 2.41. The Hall–Kier alpha value is -3.88. The lowest BCUT2D eigenvalue weighted by atomic mass is 10.1. The van der Waals surface area contributed by atoms with E-state index in [0.717, 1.165) is 52.9 Å². The normalized spacial score (nSPS) is 10.4. The van der Waals surface area contributed by atoms with E-state index in [2.05, 4.69) is 11.5 Å². The minimum Gasteiger partial charge on any atom is -0.388 e. The molecule has 0 unspecified atom stereocenters. The standard InChI is InChI=1S/C29H33N7O.2ClH/c1-3-19-5-4-6-23(17-19)36(16-15-26(30)31)29(37)22-12-13-25-24(18-22)34-27(35(25)2)14-9-20-7-10-21(11-8-20)28(32)33;;/h4-8,10-13,17-18H,3,9,14-16H2,1-2H3,(H3,30,31)(H3,32,33);2*1H. The molecular weight excluding hydrogens is 533 g/mol. The summed E-state index contributed by atoms with van der Waals surface area (Å²) in [6.07, 6.45) is 2.70. The quantitative estimate of drug-likeness (QED) is 0.158. The first-order chi connectivity index (χ1) is 17.8. The van der Waals surface area contributed by atoms with Gasteiger partial charge >= 0.3 is 0 Å². The number of imidazole rings is 1. The van der Waals surface area contributed by atoms with Crippen LogP contribution in [0, 0.1) is 10.8 Å². The Labute approximate surface area is 241 Å². The number of anilines is 1. The van der Waals surface area contributed by atoms with E-state index in [9.17, 15) is 4.79 Å². The number of amidine groups is 2. The maximum atomic E-state index is 13.6. The number of aryl methyl sites for hydroxylation is 4. The molecule has 0 fully saturated rings. The summed E-state index contributed by atoms with van der Waals surface area (Å²) < 4.78 is 2.06. The van der Waals surface area contributed by atoms with Gasteiger partial charge in [0.25, 0.3) is 5.91 Å². The van der Waals surface area contributed by atoms with Crippen molar-refractivity contribution >= 4 is 59.1 Å². The van der Waals surface area contributed by atoms with Crippen molar-refractivity contribution < 1.29 is 4.79 Å². The zero-order chi connectivity index (χ0) is 26.5. The third kappa shape index (κ3) is 7.37. The van der Waals surface area contributed by atoms with Crippen LogP contribution in [0.2, 0.25) is 0 Å². The van der Waals surface area contributed by atoms with Crippen LogP contribution >= 0.6 is 24.8 Å². The number of halogens is 2. The molecule has 0 aliphatic heterocycles. The maximum absolute atomic E-state index is 13.6. The van der Waals surface area contributed by atoms with E-state index >= 15 is 0 Å². The Morgan fingerprint density at radius 1 is 0.923 bits per heavy atom. The van der Waals surface area contributed by atoms with E-state index in [4.69, 9.17) is 27.3 Å². The highest BCUT2D eigenvalue weighted by molar-refractivity contribution is 6.08. The van der Waals surface area contributed by atoms with Crippen molar-refractivity contribution in [3.05, 3.63) is 94.8 Å². The van der Waals surface area contributed by atoms with Gasteiger partial charge in [-0.15, -0.1) is 24.8 Å². The third-order valence-electron chi connectivity index (χ3n) is 6.60. The molecule has 0 saturated carbocycles. The highest BCUT2D eigenvalue weighted by atomic mass is 35.5. The molecule has 206 valence electrons. The molecule has 10 heteroatoms. The first-order valence-corrected chi connectivity index (χ1v) is 12.4. The largest absolute Gasteiger partial charge is 0.388 e. The lowest BCUT2D eigenvalue weighted by Gasteiger charge is -2.23. The van der Waals surface area contributed by atoms with Gasteiger partial charge in [0.1, 0.15) is 11.7 Å². The van der Waals surface area contributed by atoms with Gasteiger partial charge in [0.15, 0.2) is 0 Å². The molecule has 39 heavy (non-hydrogen) atoms. The second-order valence-electron chi connectivity index (χ2n) is 9.16. The maximum Gasteiger partial charge on any atom is 0.258 e. The fourth-order valence-corrected chi connectivity index (χ4v) is 4.39. The van der Waals surface area contributed by atoms with Crippen LogP contribution in [0.15, 0.2) is 66.7 Å². The van der Waals surface area contributed by atoms with Crippen LogP contribution in [-0.4, -0.2) is 33.7 Å². The predicted molar refractivity (Wildman–Crippen MR) is 164 cm³/mol. The van der Waals surface area contributed by atoms with Crippen molar-refractivity contribution in [3.8, 4) is 0 Å². The van der Waals surface area contributed by atoms with Crippen LogP contribution in [0.1, 0.15) is 46.2 Å². The number of carbonyl (C=O) groups is 1. The molecule has 0 bridgehead atoms. The number of aromatic nitrogens is 2. The smallest absolute Gasteiger partial charge is 0.258 e. The molecule has 0 radical (unpaired) electrons. The zero-order valence-electron chi connectivity index (χ0n) is 22.1. The molecule has 1 aromatic heterocycles. The number of fused-ring (bicyclic) bond motifs is 1. The average Bonchev–Trinajstić information content (AvgIpc) is 3.22. The van der Waals surface area contributed by atoms with Crippen molar-refractivity contribution in [2.75, 3.05) is 11.4 Å². The van der Waals surface area contributed by atoms with E-state index in [-0.39, 0.29) is 42.4 Å². The van der Waals surface area contributed by atoms with Gasteiger partial charge in [-0.25, -0.2) is 4.98 Å². The van der Waals surface area contributed by atoms with Crippen molar-refractivity contribution in [1.29, 1.82) is 10.8 Å². The highest BCUT2D eigenvalue weighted by Gasteiger charge is 2.20. The number of amides is 1. The molecule has 0 saturated heterocycles. The van der Waals surface area contributed by atoms with E-state index in [1.54, 1.807) is 4.90 Å². The molecule has 0 atom stereocenters. The Kier molecular flexibility index (Phi) is 11.1. The van der Waals surface area contributed by atoms with Gasteiger partial charge in [-0.3, -0.25) is 15.6 Å². The van der Waals surface area contributed by atoms with E-state index in [0.29, 0.717) is 24.1 Å². The molecule has 8 nitrogen and oxygen atoms in total. The first-order valence-electron chi connectivity index (χ1n) is 12.4. The SMILES string of the molecule is CCc1cccc(N(CCC(=N)N)C(=O)c2ccc3c(c2)nc(CCc2ccc(C(=N)N)cc2)n3C)c1.Cl.Cl. The van der Waals surface area contributed by atoms with Gasteiger partial charge in [-0.1, -0.05) is 43.3 Å². The van der Waals surface area contributed by atoms with Gasteiger partial charge in [-0.05, 0) is 54.3 Å². The van der Waals surface area contributed by atoms with Gasteiger partial charge in [0, 0.05) is 43.2 Å². The summed E-state index contributed by atoms with van der Waals surface area (Å²) in [7, 11) is 1.99. The summed E-state index contributed by atoms with van der Waals surface area (Å²) in [5, 5.41) is 15.2. The van der Waals surface area contributed by atoms with Gasteiger partial charge < -0.3 is 20.9 Å². The fourth-order valence-electron chi connectivity index (χ4n) is 4.39. The number of nitrogen functional groups attached to an aromatic ring is 1. The minimum atomic E-state index is -0.144. The Morgan fingerprint density at radius 3 is 2.26 bits per heavy atom. The first kappa shape index (κ1) is 31.3. The molecule has 4 aromatic rings. The van der Waals surface area contributed by atoms with Crippen molar-refractivity contribution in [2.24, 2.45) is 18.5 Å². The highest BCUT2D eigenvalue weighted by Crippen LogP contribution is 2.23. The molecule has 3 aromatic carbocycles. The zero-order valence-corrected chi connectivity index (χ0v) is 23.7. The van der Waals surface area contributed by atoms with Gasteiger partial charge in [0.2, 0.25) is 0 Å².